The van der Waals surface area contributed by atoms with Crippen molar-refractivity contribution >= 4 is 34.3 Å². The van der Waals surface area contributed by atoms with E-state index in [9.17, 15) is 19.7 Å². The smallest absolute Gasteiger partial charge is 0.407 e. The standard InChI is InChI=1S/C19H18ClN3O5/c1-12(13-4-6-14(20)7-5-13)21-18(24)3-2-10-22-16-9-8-15(23(26)27)11-17(16)28-19(22)25/h4-9,11-12H,2-3,10H2,1H3,(H,21,24). The highest BCUT2D eigenvalue weighted by molar-refractivity contribution is 6.30. The van der Waals surface area contributed by atoms with Crippen molar-refractivity contribution in [2.45, 2.75) is 32.4 Å². The number of carbonyl (C=O) groups excluding carboxylic acids is 1. The van der Waals surface area contributed by atoms with Gasteiger partial charge in [0.05, 0.1) is 22.5 Å². The van der Waals surface area contributed by atoms with Crippen molar-refractivity contribution in [2.24, 2.45) is 0 Å². The molecule has 0 aliphatic rings. The third-order valence-electron chi connectivity index (χ3n) is 4.40. The molecular formula is C19H18ClN3O5. The molecule has 0 spiro atoms. The Balaban J connectivity index is 1.59. The molecule has 0 saturated carbocycles. The number of hydrogen-bond donors (Lipinski definition) is 1. The van der Waals surface area contributed by atoms with Gasteiger partial charge in [-0.3, -0.25) is 19.5 Å². The predicted octanol–water partition coefficient (Wildman–Crippen LogP) is 3.81. The Morgan fingerprint density at radius 2 is 2.00 bits per heavy atom. The summed E-state index contributed by atoms with van der Waals surface area (Å²) < 4.78 is 6.44. The van der Waals surface area contributed by atoms with E-state index in [-0.39, 0.29) is 36.2 Å². The number of carbonyl (C=O) groups is 1. The zero-order valence-corrected chi connectivity index (χ0v) is 15.8. The van der Waals surface area contributed by atoms with Crippen LogP contribution in [0, 0.1) is 10.1 Å². The average molecular weight is 404 g/mol. The van der Waals surface area contributed by atoms with Crippen LogP contribution in [0.2, 0.25) is 5.02 Å². The molecule has 1 aromatic heterocycles. The second-order valence-electron chi connectivity index (χ2n) is 6.37. The molecule has 1 atom stereocenters. The molecule has 3 rings (SSSR count). The van der Waals surface area contributed by atoms with Gasteiger partial charge in [-0.15, -0.1) is 0 Å². The quantitative estimate of drug-likeness (QED) is 0.476. The summed E-state index contributed by atoms with van der Waals surface area (Å²) >= 11 is 5.86. The van der Waals surface area contributed by atoms with E-state index in [0.717, 1.165) is 5.56 Å². The predicted molar refractivity (Wildman–Crippen MR) is 104 cm³/mol. The first-order valence-corrected chi connectivity index (χ1v) is 9.05. The Morgan fingerprint density at radius 3 is 2.68 bits per heavy atom. The zero-order valence-electron chi connectivity index (χ0n) is 15.1. The summed E-state index contributed by atoms with van der Waals surface area (Å²) in [6, 6.07) is 11.1. The minimum absolute atomic E-state index is 0.140. The van der Waals surface area contributed by atoms with E-state index < -0.39 is 10.7 Å². The van der Waals surface area contributed by atoms with Gasteiger partial charge in [0, 0.05) is 24.1 Å². The fraction of sp³-hybridized carbons (Fsp3) is 0.263. The lowest BCUT2D eigenvalue weighted by Crippen LogP contribution is -2.27. The van der Waals surface area contributed by atoms with Gasteiger partial charge in [-0.05, 0) is 37.1 Å². The maximum atomic E-state index is 12.2. The second kappa shape index (κ2) is 8.26. The van der Waals surface area contributed by atoms with Crippen molar-refractivity contribution < 1.29 is 14.1 Å². The Hall–Kier alpha value is -3.13. The number of halogens is 1. The van der Waals surface area contributed by atoms with Gasteiger partial charge in [-0.2, -0.15) is 0 Å². The molecule has 0 fully saturated rings. The van der Waals surface area contributed by atoms with Gasteiger partial charge in [-0.25, -0.2) is 4.79 Å². The first-order chi connectivity index (χ1) is 13.3. The SMILES string of the molecule is CC(NC(=O)CCCn1c(=O)oc2cc([N+](=O)[O-])ccc21)c1ccc(Cl)cc1. The van der Waals surface area contributed by atoms with E-state index in [1.54, 1.807) is 12.1 Å². The summed E-state index contributed by atoms with van der Waals surface area (Å²) in [5.41, 5.74) is 1.41. The Bertz CT molecular complexity index is 1070. The van der Waals surface area contributed by atoms with Crippen LogP contribution >= 0.6 is 11.6 Å². The Morgan fingerprint density at radius 1 is 1.29 bits per heavy atom. The zero-order chi connectivity index (χ0) is 20.3. The largest absolute Gasteiger partial charge is 0.419 e. The molecule has 1 N–H and O–H groups in total. The van der Waals surface area contributed by atoms with Crippen LogP contribution in [-0.2, 0) is 11.3 Å². The first-order valence-electron chi connectivity index (χ1n) is 8.68. The van der Waals surface area contributed by atoms with Gasteiger partial charge in [0.2, 0.25) is 5.91 Å². The van der Waals surface area contributed by atoms with Crippen LogP contribution in [0.15, 0.2) is 51.7 Å². The number of hydrogen-bond acceptors (Lipinski definition) is 5. The number of benzene rings is 2. The van der Waals surface area contributed by atoms with Crippen molar-refractivity contribution in [3.05, 3.63) is 73.7 Å². The second-order valence-corrected chi connectivity index (χ2v) is 6.81. The number of aromatic nitrogens is 1. The van der Waals surface area contributed by atoms with Crippen LogP contribution < -0.4 is 11.1 Å². The third-order valence-corrected chi connectivity index (χ3v) is 4.65. The molecule has 9 heteroatoms. The summed E-state index contributed by atoms with van der Waals surface area (Å²) in [6.45, 7) is 2.15. The van der Waals surface area contributed by atoms with Crippen LogP contribution in [0.3, 0.4) is 0 Å². The summed E-state index contributed by atoms with van der Waals surface area (Å²) in [6.07, 6.45) is 0.648. The van der Waals surface area contributed by atoms with Gasteiger partial charge in [0.15, 0.2) is 5.58 Å². The minimum Gasteiger partial charge on any atom is -0.407 e. The molecule has 146 valence electrons. The highest BCUT2D eigenvalue weighted by Crippen LogP contribution is 2.20. The number of nitrogens with zero attached hydrogens (tertiary/aromatic N) is 2. The lowest BCUT2D eigenvalue weighted by molar-refractivity contribution is -0.384. The van der Waals surface area contributed by atoms with Crippen LogP contribution in [-0.4, -0.2) is 15.4 Å². The monoisotopic (exact) mass is 403 g/mol. The molecule has 1 unspecified atom stereocenters. The first kappa shape index (κ1) is 19.6. The van der Waals surface area contributed by atoms with Gasteiger partial charge >= 0.3 is 5.76 Å². The summed E-state index contributed by atoms with van der Waals surface area (Å²) in [4.78, 5) is 34.4. The van der Waals surface area contributed by atoms with Crippen LogP contribution in [0.5, 0.6) is 0 Å². The molecule has 0 saturated heterocycles. The number of nitrogens with one attached hydrogen (secondary N) is 1. The van der Waals surface area contributed by atoms with E-state index in [4.69, 9.17) is 16.0 Å². The molecule has 2 aromatic carbocycles. The maximum Gasteiger partial charge on any atom is 0.419 e. The average Bonchev–Trinajstić information content (AvgIpc) is 2.96. The molecule has 0 radical (unpaired) electrons. The lowest BCUT2D eigenvalue weighted by atomic mass is 10.1. The summed E-state index contributed by atoms with van der Waals surface area (Å²) in [5.74, 6) is -0.746. The summed E-state index contributed by atoms with van der Waals surface area (Å²) in [7, 11) is 0. The van der Waals surface area contributed by atoms with Crippen LogP contribution in [0.1, 0.15) is 31.4 Å². The van der Waals surface area contributed by atoms with Gasteiger partial charge in [0.1, 0.15) is 0 Å². The fourth-order valence-corrected chi connectivity index (χ4v) is 3.05. The Labute approximate surface area is 164 Å². The number of non-ortho nitro benzene ring substituents is 1. The molecule has 1 heterocycles. The number of oxazole rings is 1. The molecule has 3 aromatic rings. The highest BCUT2D eigenvalue weighted by Gasteiger charge is 2.15. The van der Waals surface area contributed by atoms with E-state index >= 15 is 0 Å². The summed E-state index contributed by atoms with van der Waals surface area (Å²) in [5, 5.41) is 14.3. The highest BCUT2D eigenvalue weighted by atomic mass is 35.5. The topological polar surface area (TPSA) is 107 Å². The molecule has 28 heavy (non-hydrogen) atoms. The minimum atomic E-state index is -0.606. The number of nitro groups is 1. The molecule has 8 nitrogen and oxygen atoms in total. The number of fused-ring (bicyclic) bond motifs is 1. The van der Waals surface area contributed by atoms with E-state index in [0.29, 0.717) is 17.0 Å². The molecule has 0 bridgehead atoms. The molecule has 1 amide bonds. The van der Waals surface area contributed by atoms with Crippen molar-refractivity contribution in [2.75, 3.05) is 0 Å². The van der Waals surface area contributed by atoms with Crippen molar-refractivity contribution in [3.8, 4) is 0 Å². The van der Waals surface area contributed by atoms with Crippen molar-refractivity contribution in [3.63, 3.8) is 0 Å². The number of rotatable bonds is 7. The number of aryl methyl sites for hydroxylation is 1. The van der Waals surface area contributed by atoms with Crippen molar-refractivity contribution in [1.29, 1.82) is 0 Å². The van der Waals surface area contributed by atoms with Crippen LogP contribution in [0.4, 0.5) is 5.69 Å². The normalized spacial score (nSPS) is 12.1. The van der Waals surface area contributed by atoms with Gasteiger partial charge in [-0.1, -0.05) is 23.7 Å². The number of amides is 1. The van der Waals surface area contributed by atoms with Crippen molar-refractivity contribution in [1.82, 2.24) is 9.88 Å². The number of nitro benzene ring substituents is 1. The molecule has 0 aliphatic carbocycles. The van der Waals surface area contributed by atoms with Gasteiger partial charge in [0.25, 0.3) is 5.69 Å². The maximum absolute atomic E-state index is 12.2. The Kier molecular flexibility index (Phi) is 5.79. The third kappa shape index (κ3) is 4.40. The molecule has 0 aliphatic heterocycles. The van der Waals surface area contributed by atoms with E-state index in [1.165, 1.54) is 22.8 Å². The van der Waals surface area contributed by atoms with Crippen LogP contribution in [0.25, 0.3) is 11.1 Å². The molecular weight excluding hydrogens is 386 g/mol. The fourth-order valence-electron chi connectivity index (χ4n) is 2.93. The van der Waals surface area contributed by atoms with Gasteiger partial charge < -0.3 is 9.73 Å². The van der Waals surface area contributed by atoms with E-state index in [2.05, 4.69) is 5.32 Å². The lowest BCUT2D eigenvalue weighted by Gasteiger charge is -2.14. The van der Waals surface area contributed by atoms with E-state index in [1.807, 2.05) is 19.1 Å².